The second-order valence-electron chi connectivity index (χ2n) is 6.56. The van der Waals surface area contributed by atoms with Crippen LogP contribution in [0.1, 0.15) is 21.7 Å². The molecule has 1 N–H and O–H groups in total. The van der Waals surface area contributed by atoms with Crippen LogP contribution in [0, 0.1) is 0 Å². The molecule has 0 bridgehead atoms. The first-order valence-corrected chi connectivity index (χ1v) is 8.73. The highest BCUT2D eigenvalue weighted by molar-refractivity contribution is 6.03. The Morgan fingerprint density at radius 3 is 2.66 bits per heavy atom. The largest absolute Gasteiger partial charge is 0.435 e. The third-order valence-corrected chi connectivity index (χ3v) is 4.51. The fourth-order valence-electron chi connectivity index (χ4n) is 3.13. The predicted octanol–water partition coefficient (Wildman–Crippen LogP) is 4.09. The molecule has 0 saturated heterocycles. The molecule has 0 aliphatic rings. The van der Waals surface area contributed by atoms with Gasteiger partial charge < -0.3 is 5.32 Å². The number of aryl methyl sites for hydroxylation is 1. The SMILES string of the molecule is Cn1nc(C(F)(F)F)cc1C(=O)Nc1cnn(Cc2cccc3ccccc23)c1. The topological polar surface area (TPSA) is 64.7 Å². The summed E-state index contributed by atoms with van der Waals surface area (Å²) < 4.78 is 40.9. The lowest BCUT2D eigenvalue weighted by molar-refractivity contribution is -0.141. The summed E-state index contributed by atoms with van der Waals surface area (Å²) in [5.41, 5.74) is 0.131. The summed E-state index contributed by atoms with van der Waals surface area (Å²) in [6, 6.07) is 14.7. The van der Waals surface area contributed by atoms with Crippen LogP contribution in [0.25, 0.3) is 10.8 Å². The van der Waals surface area contributed by atoms with Crippen LogP contribution in [0.5, 0.6) is 0 Å². The fourth-order valence-corrected chi connectivity index (χ4v) is 3.13. The van der Waals surface area contributed by atoms with Gasteiger partial charge in [0, 0.05) is 19.3 Å². The fraction of sp³-hybridized carbons (Fsp3) is 0.150. The van der Waals surface area contributed by atoms with Gasteiger partial charge in [-0.25, -0.2) is 0 Å². The monoisotopic (exact) mass is 399 g/mol. The van der Waals surface area contributed by atoms with E-state index in [0.717, 1.165) is 27.1 Å². The van der Waals surface area contributed by atoms with E-state index < -0.39 is 17.8 Å². The molecule has 2 aromatic carbocycles. The Bertz CT molecular complexity index is 1190. The minimum Gasteiger partial charge on any atom is -0.318 e. The summed E-state index contributed by atoms with van der Waals surface area (Å²) in [6.45, 7) is 0.487. The van der Waals surface area contributed by atoms with E-state index in [-0.39, 0.29) is 5.69 Å². The van der Waals surface area contributed by atoms with Crippen LogP contribution in [0.15, 0.2) is 60.9 Å². The first-order chi connectivity index (χ1) is 13.8. The van der Waals surface area contributed by atoms with E-state index in [1.807, 2.05) is 42.5 Å². The van der Waals surface area contributed by atoms with Gasteiger partial charge in [-0.1, -0.05) is 42.5 Å². The molecule has 0 atom stereocenters. The lowest BCUT2D eigenvalue weighted by atomic mass is 10.0. The van der Waals surface area contributed by atoms with E-state index in [0.29, 0.717) is 12.2 Å². The number of anilines is 1. The highest BCUT2D eigenvalue weighted by Gasteiger charge is 2.35. The maximum atomic E-state index is 12.8. The molecule has 0 unspecified atom stereocenters. The molecule has 2 aromatic heterocycles. The van der Waals surface area contributed by atoms with E-state index in [1.54, 1.807) is 10.9 Å². The van der Waals surface area contributed by atoms with Gasteiger partial charge in [0.2, 0.25) is 0 Å². The van der Waals surface area contributed by atoms with Gasteiger partial charge in [-0.05, 0) is 16.3 Å². The van der Waals surface area contributed by atoms with E-state index in [9.17, 15) is 18.0 Å². The van der Waals surface area contributed by atoms with E-state index in [4.69, 9.17) is 0 Å². The van der Waals surface area contributed by atoms with Crippen LogP contribution in [0.2, 0.25) is 0 Å². The molecular formula is C20H16F3N5O. The summed E-state index contributed by atoms with van der Waals surface area (Å²) in [6.07, 6.45) is -1.54. The van der Waals surface area contributed by atoms with Crippen molar-refractivity contribution in [3.05, 3.63) is 77.9 Å². The Hall–Kier alpha value is -3.62. The number of hydrogen-bond acceptors (Lipinski definition) is 3. The normalized spacial score (nSPS) is 11.7. The number of benzene rings is 2. The lowest BCUT2D eigenvalue weighted by Gasteiger charge is -2.06. The number of alkyl halides is 3. The minimum absolute atomic E-state index is 0.195. The minimum atomic E-state index is -4.61. The molecule has 4 aromatic rings. The molecule has 0 fully saturated rings. The second-order valence-corrected chi connectivity index (χ2v) is 6.56. The number of carbonyl (C=O) groups excluding carboxylic acids is 1. The summed E-state index contributed by atoms with van der Waals surface area (Å²) >= 11 is 0. The van der Waals surface area contributed by atoms with Gasteiger partial charge in [0.25, 0.3) is 5.91 Å². The summed E-state index contributed by atoms with van der Waals surface area (Å²) in [7, 11) is 1.29. The smallest absolute Gasteiger partial charge is 0.318 e. The Balaban J connectivity index is 1.51. The lowest BCUT2D eigenvalue weighted by Crippen LogP contribution is -2.15. The first-order valence-electron chi connectivity index (χ1n) is 8.73. The Morgan fingerprint density at radius 2 is 1.90 bits per heavy atom. The van der Waals surface area contributed by atoms with Crippen molar-refractivity contribution in [1.82, 2.24) is 19.6 Å². The quantitative estimate of drug-likeness (QED) is 0.562. The van der Waals surface area contributed by atoms with Crippen LogP contribution in [0.4, 0.5) is 18.9 Å². The van der Waals surface area contributed by atoms with Crippen LogP contribution >= 0.6 is 0 Å². The van der Waals surface area contributed by atoms with Crippen molar-refractivity contribution in [3.63, 3.8) is 0 Å². The molecule has 148 valence electrons. The predicted molar refractivity (Wildman–Crippen MR) is 101 cm³/mol. The standard InChI is InChI=1S/C20H16F3N5O/c1-27-17(9-18(26-27)20(21,22)23)19(29)25-15-10-24-28(12-15)11-14-7-4-6-13-5-2-3-8-16(13)14/h2-10,12H,11H2,1H3,(H,25,29). The van der Waals surface area contributed by atoms with Crippen molar-refractivity contribution in [2.24, 2.45) is 7.05 Å². The highest BCUT2D eigenvalue weighted by Crippen LogP contribution is 2.28. The zero-order chi connectivity index (χ0) is 20.6. The maximum absolute atomic E-state index is 12.8. The van der Waals surface area contributed by atoms with Crippen LogP contribution in [0.3, 0.4) is 0 Å². The van der Waals surface area contributed by atoms with Crippen molar-refractivity contribution in [2.45, 2.75) is 12.7 Å². The van der Waals surface area contributed by atoms with E-state index in [1.165, 1.54) is 13.2 Å². The number of fused-ring (bicyclic) bond motifs is 1. The third kappa shape index (κ3) is 3.84. The summed E-state index contributed by atoms with van der Waals surface area (Å²) in [5.74, 6) is -0.694. The number of rotatable bonds is 4. The van der Waals surface area contributed by atoms with Crippen molar-refractivity contribution in [2.75, 3.05) is 5.32 Å². The number of halogens is 3. The molecule has 2 heterocycles. The van der Waals surface area contributed by atoms with Crippen molar-refractivity contribution < 1.29 is 18.0 Å². The third-order valence-electron chi connectivity index (χ3n) is 4.51. The molecule has 0 spiro atoms. The number of amides is 1. The molecule has 6 nitrogen and oxygen atoms in total. The van der Waals surface area contributed by atoms with Gasteiger partial charge in [-0.2, -0.15) is 23.4 Å². The van der Waals surface area contributed by atoms with Gasteiger partial charge in [-0.3, -0.25) is 14.2 Å². The number of aromatic nitrogens is 4. The molecule has 9 heteroatoms. The van der Waals surface area contributed by atoms with Gasteiger partial charge >= 0.3 is 6.18 Å². The number of nitrogens with zero attached hydrogens (tertiary/aromatic N) is 4. The van der Waals surface area contributed by atoms with Crippen LogP contribution in [-0.2, 0) is 19.8 Å². The highest BCUT2D eigenvalue weighted by atomic mass is 19.4. The first kappa shape index (κ1) is 18.7. The van der Waals surface area contributed by atoms with Crippen LogP contribution < -0.4 is 5.32 Å². The number of hydrogen-bond donors (Lipinski definition) is 1. The Labute approximate surface area is 163 Å². The zero-order valence-corrected chi connectivity index (χ0v) is 15.3. The van der Waals surface area contributed by atoms with E-state index >= 15 is 0 Å². The number of nitrogens with one attached hydrogen (secondary N) is 1. The summed E-state index contributed by atoms with van der Waals surface area (Å²) in [5, 5.41) is 12.3. The molecule has 4 rings (SSSR count). The average Bonchev–Trinajstić information content (AvgIpc) is 3.28. The van der Waals surface area contributed by atoms with Gasteiger partial charge in [-0.15, -0.1) is 0 Å². The van der Waals surface area contributed by atoms with Crippen molar-refractivity contribution in [1.29, 1.82) is 0 Å². The molecular weight excluding hydrogens is 383 g/mol. The van der Waals surface area contributed by atoms with Gasteiger partial charge in [0.15, 0.2) is 5.69 Å². The second kappa shape index (κ2) is 7.08. The van der Waals surface area contributed by atoms with E-state index in [2.05, 4.69) is 15.5 Å². The Kier molecular flexibility index (Phi) is 4.57. The van der Waals surface area contributed by atoms with Crippen molar-refractivity contribution >= 4 is 22.4 Å². The average molecular weight is 399 g/mol. The molecule has 1 amide bonds. The zero-order valence-electron chi connectivity index (χ0n) is 15.3. The number of carbonyl (C=O) groups is 1. The molecule has 29 heavy (non-hydrogen) atoms. The molecule has 0 aliphatic carbocycles. The molecule has 0 radical (unpaired) electrons. The molecule has 0 aliphatic heterocycles. The van der Waals surface area contributed by atoms with Crippen LogP contribution in [-0.4, -0.2) is 25.5 Å². The molecule has 0 saturated carbocycles. The summed E-state index contributed by atoms with van der Waals surface area (Å²) in [4.78, 5) is 12.3. The van der Waals surface area contributed by atoms with Crippen molar-refractivity contribution in [3.8, 4) is 0 Å². The Morgan fingerprint density at radius 1 is 1.14 bits per heavy atom. The van der Waals surface area contributed by atoms with Gasteiger partial charge in [0.1, 0.15) is 5.69 Å². The van der Waals surface area contributed by atoms with Gasteiger partial charge in [0.05, 0.1) is 18.4 Å². The maximum Gasteiger partial charge on any atom is 0.435 e.